The number of carbonyl (C=O) groups is 2. The van der Waals surface area contributed by atoms with E-state index in [1.165, 1.54) is 24.3 Å². The fourth-order valence-corrected chi connectivity index (χ4v) is 3.03. The summed E-state index contributed by atoms with van der Waals surface area (Å²) in [6.07, 6.45) is 0. The summed E-state index contributed by atoms with van der Waals surface area (Å²) in [6.45, 7) is 0. The number of ether oxygens (including phenoxy) is 1. The summed E-state index contributed by atoms with van der Waals surface area (Å²) in [5.74, 6) is 11.5. The highest BCUT2D eigenvalue weighted by atomic mass is 16.5. The van der Waals surface area contributed by atoms with Gasteiger partial charge in [-0.15, -0.1) is 0 Å². The molecule has 0 unspecified atom stereocenters. The molecule has 35 heavy (non-hydrogen) atoms. The SMILES string of the molecule is O=C(O)c1ccc(C#Cc2ccc(Oc3ccc(C#Cc4ccc(C(=O)O)cc4)cc3)cc2)cc1. The van der Waals surface area contributed by atoms with Crippen molar-refractivity contribution < 1.29 is 24.5 Å². The van der Waals surface area contributed by atoms with Crippen molar-refractivity contribution in [3.63, 3.8) is 0 Å². The second-order valence-corrected chi connectivity index (χ2v) is 7.42. The standard InChI is InChI=1S/C30H18O5/c31-29(32)25-13-5-21(6-14-25)1-3-23-9-17-27(18-10-23)35-28-19-11-24(12-20-28)4-2-22-7-15-26(16-8-22)30(33)34/h5-20H,(H,31,32)(H,33,34). The molecule has 0 bridgehead atoms. The Morgan fingerprint density at radius 1 is 0.457 bits per heavy atom. The van der Waals surface area contributed by atoms with Crippen LogP contribution in [0.2, 0.25) is 0 Å². The summed E-state index contributed by atoms with van der Waals surface area (Å²) in [5, 5.41) is 17.9. The van der Waals surface area contributed by atoms with Crippen LogP contribution in [0.15, 0.2) is 97.1 Å². The van der Waals surface area contributed by atoms with Crippen molar-refractivity contribution in [2.45, 2.75) is 0 Å². The molecule has 0 fully saturated rings. The molecule has 4 aromatic rings. The minimum Gasteiger partial charge on any atom is -0.478 e. The summed E-state index contributed by atoms with van der Waals surface area (Å²) in [6, 6.07) is 27.5. The van der Waals surface area contributed by atoms with Gasteiger partial charge >= 0.3 is 11.9 Å². The molecule has 4 aromatic carbocycles. The van der Waals surface area contributed by atoms with E-state index in [9.17, 15) is 9.59 Å². The molecular formula is C30H18O5. The molecule has 0 saturated heterocycles. The molecule has 0 aliphatic heterocycles. The van der Waals surface area contributed by atoms with Crippen LogP contribution in [0.5, 0.6) is 11.5 Å². The van der Waals surface area contributed by atoms with Crippen LogP contribution in [0.4, 0.5) is 0 Å². The van der Waals surface area contributed by atoms with E-state index in [2.05, 4.69) is 23.7 Å². The van der Waals surface area contributed by atoms with Gasteiger partial charge in [0.15, 0.2) is 0 Å². The summed E-state index contributed by atoms with van der Waals surface area (Å²) in [4.78, 5) is 21.8. The van der Waals surface area contributed by atoms with Crippen molar-refractivity contribution in [2.24, 2.45) is 0 Å². The summed E-state index contributed by atoms with van der Waals surface area (Å²) in [5.41, 5.74) is 3.53. The lowest BCUT2D eigenvalue weighted by molar-refractivity contribution is 0.0686. The predicted octanol–water partition coefficient (Wildman–Crippen LogP) is 5.67. The average Bonchev–Trinajstić information content (AvgIpc) is 2.88. The molecule has 0 aliphatic rings. The van der Waals surface area contributed by atoms with Gasteiger partial charge in [-0.25, -0.2) is 9.59 Å². The van der Waals surface area contributed by atoms with E-state index in [0.717, 1.165) is 22.3 Å². The Balaban J connectivity index is 1.36. The smallest absolute Gasteiger partial charge is 0.335 e. The number of rotatable bonds is 4. The predicted molar refractivity (Wildman–Crippen MR) is 132 cm³/mol. The van der Waals surface area contributed by atoms with E-state index in [-0.39, 0.29) is 11.1 Å². The van der Waals surface area contributed by atoms with Crippen LogP contribution < -0.4 is 4.74 Å². The van der Waals surface area contributed by atoms with Gasteiger partial charge in [0.05, 0.1) is 11.1 Å². The normalized spacial score (nSPS) is 9.71. The molecule has 0 heterocycles. The van der Waals surface area contributed by atoms with Gasteiger partial charge in [0, 0.05) is 22.3 Å². The maximum atomic E-state index is 10.9. The van der Waals surface area contributed by atoms with Crippen LogP contribution in [-0.4, -0.2) is 22.2 Å². The fraction of sp³-hybridized carbons (Fsp3) is 0. The number of hydrogen-bond acceptors (Lipinski definition) is 3. The van der Waals surface area contributed by atoms with Crippen molar-refractivity contribution in [1.29, 1.82) is 0 Å². The van der Waals surface area contributed by atoms with Gasteiger partial charge in [0.25, 0.3) is 0 Å². The fourth-order valence-electron chi connectivity index (χ4n) is 3.03. The maximum absolute atomic E-state index is 10.9. The van der Waals surface area contributed by atoms with Crippen LogP contribution in [0.1, 0.15) is 43.0 Å². The number of aromatic carboxylic acids is 2. The van der Waals surface area contributed by atoms with Crippen molar-refractivity contribution in [3.8, 4) is 35.2 Å². The highest BCUT2D eigenvalue weighted by molar-refractivity contribution is 5.88. The van der Waals surface area contributed by atoms with Crippen molar-refractivity contribution in [2.75, 3.05) is 0 Å². The molecule has 0 spiro atoms. The Labute approximate surface area is 202 Å². The molecule has 4 rings (SSSR count). The van der Waals surface area contributed by atoms with E-state index in [1.54, 1.807) is 24.3 Å². The van der Waals surface area contributed by atoms with Gasteiger partial charge in [-0.05, 0) is 97.1 Å². The Hall–Kier alpha value is -5.26. The van der Waals surface area contributed by atoms with E-state index >= 15 is 0 Å². The third-order valence-electron chi connectivity index (χ3n) is 4.91. The van der Waals surface area contributed by atoms with Gasteiger partial charge in [-0.2, -0.15) is 0 Å². The average molecular weight is 458 g/mol. The number of carboxylic acids is 2. The first-order chi connectivity index (χ1) is 17.0. The van der Waals surface area contributed by atoms with Gasteiger partial charge < -0.3 is 14.9 Å². The second kappa shape index (κ2) is 10.6. The van der Waals surface area contributed by atoms with Crippen LogP contribution in [-0.2, 0) is 0 Å². The first-order valence-corrected chi connectivity index (χ1v) is 10.5. The molecule has 0 amide bonds. The molecule has 5 heteroatoms. The van der Waals surface area contributed by atoms with Crippen molar-refractivity contribution in [3.05, 3.63) is 130 Å². The zero-order chi connectivity index (χ0) is 24.6. The van der Waals surface area contributed by atoms with Crippen LogP contribution in [0.25, 0.3) is 0 Å². The number of benzene rings is 4. The van der Waals surface area contributed by atoms with Crippen LogP contribution >= 0.6 is 0 Å². The summed E-state index contributed by atoms with van der Waals surface area (Å²) in [7, 11) is 0. The first-order valence-electron chi connectivity index (χ1n) is 10.5. The van der Waals surface area contributed by atoms with Gasteiger partial charge in [-0.1, -0.05) is 23.7 Å². The Kier molecular flexibility index (Phi) is 6.92. The quantitative estimate of drug-likeness (QED) is 0.385. The molecule has 0 radical (unpaired) electrons. The Morgan fingerprint density at radius 2 is 0.714 bits per heavy atom. The van der Waals surface area contributed by atoms with E-state index in [1.807, 2.05) is 48.5 Å². The topological polar surface area (TPSA) is 83.8 Å². The highest BCUT2D eigenvalue weighted by Gasteiger charge is 2.02. The van der Waals surface area contributed by atoms with Crippen LogP contribution in [0.3, 0.4) is 0 Å². The van der Waals surface area contributed by atoms with E-state index in [0.29, 0.717) is 11.5 Å². The molecule has 0 atom stereocenters. The molecule has 5 nitrogen and oxygen atoms in total. The monoisotopic (exact) mass is 458 g/mol. The second-order valence-electron chi connectivity index (χ2n) is 7.42. The first kappa shape index (κ1) is 22.9. The van der Waals surface area contributed by atoms with Gasteiger partial charge in [0.2, 0.25) is 0 Å². The lowest BCUT2D eigenvalue weighted by Gasteiger charge is -2.05. The van der Waals surface area contributed by atoms with Crippen molar-refractivity contribution in [1.82, 2.24) is 0 Å². The highest BCUT2D eigenvalue weighted by Crippen LogP contribution is 2.22. The lowest BCUT2D eigenvalue weighted by Crippen LogP contribution is -1.94. The third-order valence-corrected chi connectivity index (χ3v) is 4.91. The molecule has 0 aromatic heterocycles. The van der Waals surface area contributed by atoms with E-state index < -0.39 is 11.9 Å². The van der Waals surface area contributed by atoms with E-state index in [4.69, 9.17) is 14.9 Å². The third kappa shape index (κ3) is 6.38. The molecule has 0 aliphatic carbocycles. The molecule has 2 N–H and O–H groups in total. The Bertz CT molecular complexity index is 1360. The minimum absolute atomic E-state index is 0.226. The molecule has 168 valence electrons. The zero-order valence-corrected chi connectivity index (χ0v) is 18.4. The van der Waals surface area contributed by atoms with Gasteiger partial charge in [-0.3, -0.25) is 0 Å². The largest absolute Gasteiger partial charge is 0.478 e. The van der Waals surface area contributed by atoms with Crippen LogP contribution in [0, 0.1) is 23.7 Å². The minimum atomic E-state index is -0.965. The number of hydrogen-bond donors (Lipinski definition) is 2. The zero-order valence-electron chi connectivity index (χ0n) is 18.4. The Morgan fingerprint density at radius 3 is 0.971 bits per heavy atom. The number of carboxylic acid groups (broad SMARTS) is 2. The molecular weight excluding hydrogens is 440 g/mol. The summed E-state index contributed by atoms with van der Waals surface area (Å²) >= 11 is 0. The summed E-state index contributed by atoms with van der Waals surface area (Å²) < 4.78 is 5.88. The van der Waals surface area contributed by atoms with Gasteiger partial charge in [0.1, 0.15) is 11.5 Å². The maximum Gasteiger partial charge on any atom is 0.335 e. The van der Waals surface area contributed by atoms with Crippen molar-refractivity contribution >= 4 is 11.9 Å². The lowest BCUT2D eigenvalue weighted by atomic mass is 10.1. The molecule has 0 saturated carbocycles.